The minimum absolute atomic E-state index is 0.124. The molecule has 1 aliphatic heterocycles. The lowest BCUT2D eigenvalue weighted by molar-refractivity contribution is -0.119. The summed E-state index contributed by atoms with van der Waals surface area (Å²) in [5.41, 5.74) is 6.88. The quantitative estimate of drug-likeness (QED) is 0.895. The van der Waals surface area contributed by atoms with Crippen LogP contribution in [-0.2, 0) is 4.79 Å². The van der Waals surface area contributed by atoms with Crippen molar-refractivity contribution in [3.8, 4) is 5.75 Å². The molecule has 6 heteroatoms. The van der Waals surface area contributed by atoms with E-state index in [1.54, 1.807) is 18.1 Å². The van der Waals surface area contributed by atoms with E-state index in [0.29, 0.717) is 18.0 Å². The Hall–Kier alpha value is -2.24. The number of methoxy groups -OCH3 is 1. The SMILES string of the molecule is COc1cccc(C)c1NC(=O)N1CCCC[C@@H]1CC(N)=O. The van der Waals surface area contributed by atoms with Crippen molar-refractivity contribution < 1.29 is 14.3 Å². The number of piperidine rings is 1. The van der Waals surface area contributed by atoms with Crippen LogP contribution in [0.3, 0.4) is 0 Å². The molecule has 3 amide bonds. The molecule has 0 saturated carbocycles. The fourth-order valence-electron chi connectivity index (χ4n) is 2.86. The number of nitrogens with zero attached hydrogens (tertiary/aromatic N) is 1. The Bertz CT molecular complexity index is 560. The van der Waals surface area contributed by atoms with Gasteiger partial charge in [-0.3, -0.25) is 4.79 Å². The van der Waals surface area contributed by atoms with Crippen molar-refractivity contribution in [2.45, 2.75) is 38.6 Å². The first-order chi connectivity index (χ1) is 10.5. The molecule has 1 aromatic carbocycles. The topological polar surface area (TPSA) is 84.7 Å². The maximum Gasteiger partial charge on any atom is 0.322 e. The maximum absolute atomic E-state index is 12.6. The van der Waals surface area contributed by atoms with Crippen LogP contribution < -0.4 is 15.8 Å². The van der Waals surface area contributed by atoms with Crippen LogP contribution in [0.1, 0.15) is 31.2 Å². The van der Waals surface area contributed by atoms with Crippen molar-refractivity contribution in [2.24, 2.45) is 5.73 Å². The van der Waals surface area contributed by atoms with E-state index in [2.05, 4.69) is 5.32 Å². The van der Waals surface area contributed by atoms with Crippen LogP contribution in [0.4, 0.5) is 10.5 Å². The Balaban J connectivity index is 2.15. The summed E-state index contributed by atoms with van der Waals surface area (Å²) in [6.07, 6.45) is 2.96. The van der Waals surface area contributed by atoms with E-state index in [0.717, 1.165) is 24.8 Å². The number of nitrogens with two attached hydrogens (primary N) is 1. The number of carbonyl (C=O) groups is 2. The lowest BCUT2D eigenvalue weighted by Crippen LogP contribution is -2.47. The van der Waals surface area contributed by atoms with Gasteiger partial charge in [-0.2, -0.15) is 0 Å². The standard InChI is InChI=1S/C16H23N3O3/c1-11-6-5-8-13(22-2)15(11)18-16(21)19-9-4-3-7-12(19)10-14(17)20/h5-6,8,12H,3-4,7,9-10H2,1-2H3,(H2,17,20)(H,18,21)/t12-/m1/s1. The third-order valence-corrected chi connectivity index (χ3v) is 4.01. The Kier molecular flexibility index (Phi) is 5.25. The van der Waals surface area contributed by atoms with Gasteiger partial charge in [-0.05, 0) is 37.8 Å². The molecule has 0 radical (unpaired) electrons. The molecule has 0 unspecified atom stereocenters. The molecular weight excluding hydrogens is 282 g/mol. The van der Waals surface area contributed by atoms with E-state index >= 15 is 0 Å². The predicted octanol–water partition coefficient (Wildman–Crippen LogP) is 2.27. The minimum Gasteiger partial charge on any atom is -0.495 e. The number of hydrogen-bond acceptors (Lipinski definition) is 3. The Morgan fingerprint density at radius 1 is 1.41 bits per heavy atom. The van der Waals surface area contributed by atoms with E-state index in [1.807, 2.05) is 19.1 Å². The number of likely N-dealkylation sites (tertiary alicyclic amines) is 1. The van der Waals surface area contributed by atoms with Crippen LogP contribution in [0.2, 0.25) is 0 Å². The van der Waals surface area contributed by atoms with Crippen LogP contribution in [-0.4, -0.2) is 36.5 Å². The van der Waals surface area contributed by atoms with Gasteiger partial charge in [0.2, 0.25) is 5.91 Å². The molecule has 1 saturated heterocycles. The number of para-hydroxylation sites is 1. The lowest BCUT2D eigenvalue weighted by atomic mass is 9.99. The lowest BCUT2D eigenvalue weighted by Gasteiger charge is -2.35. The van der Waals surface area contributed by atoms with Crippen LogP contribution in [0.5, 0.6) is 5.75 Å². The number of nitrogens with one attached hydrogen (secondary N) is 1. The van der Waals surface area contributed by atoms with Crippen molar-refractivity contribution in [3.63, 3.8) is 0 Å². The molecule has 0 bridgehead atoms. The van der Waals surface area contributed by atoms with Crippen molar-refractivity contribution >= 4 is 17.6 Å². The number of urea groups is 1. The summed E-state index contributed by atoms with van der Waals surface area (Å²) in [4.78, 5) is 25.5. The monoisotopic (exact) mass is 305 g/mol. The highest BCUT2D eigenvalue weighted by molar-refractivity contribution is 5.92. The summed E-state index contributed by atoms with van der Waals surface area (Å²) in [5, 5.41) is 2.91. The van der Waals surface area contributed by atoms with Crippen molar-refractivity contribution in [2.75, 3.05) is 19.0 Å². The molecule has 1 aromatic rings. The number of anilines is 1. The minimum atomic E-state index is -0.377. The Morgan fingerprint density at radius 2 is 2.18 bits per heavy atom. The number of rotatable bonds is 4. The molecule has 1 heterocycles. The second-order valence-corrected chi connectivity index (χ2v) is 5.60. The van der Waals surface area contributed by atoms with Crippen molar-refractivity contribution in [1.82, 2.24) is 4.90 Å². The highest BCUT2D eigenvalue weighted by atomic mass is 16.5. The summed E-state index contributed by atoms with van der Waals surface area (Å²) in [5.74, 6) is 0.245. The molecule has 0 spiro atoms. The molecule has 1 fully saturated rings. The summed E-state index contributed by atoms with van der Waals surface area (Å²) in [6, 6.07) is 5.26. The van der Waals surface area contributed by atoms with Gasteiger partial charge in [0.05, 0.1) is 12.8 Å². The normalized spacial score (nSPS) is 17.9. The fourth-order valence-corrected chi connectivity index (χ4v) is 2.86. The Morgan fingerprint density at radius 3 is 2.86 bits per heavy atom. The van der Waals surface area contributed by atoms with E-state index in [1.165, 1.54) is 0 Å². The zero-order chi connectivity index (χ0) is 16.1. The van der Waals surface area contributed by atoms with E-state index in [9.17, 15) is 9.59 Å². The van der Waals surface area contributed by atoms with Gasteiger partial charge in [0.25, 0.3) is 0 Å². The molecule has 2 rings (SSSR count). The number of carbonyl (C=O) groups excluding carboxylic acids is 2. The van der Waals surface area contributed by atoms with Gasteiger partial charge in [0.1, 0.15) is 5.75 Å². The maximum atomic E-state index is 12.6. The number of aryl methyl sites for hydroxylation is 1. The van der Waals surface area contributed by atoms with Gasteiger partial charge in [0.15, 0.2) is 0 Å². The van der Waals surface area contributed by atoms with E-state index in [-0.39, 0.29) is 24.4 Å². The number of primary amides is 1. The number of benzene rings is 1. The average Bonchev–Trinajstić information content (AvgIpc) is 2.49. The third-order valence-electron chi connectivity index (χ3n) is 4.01. The smallest absolute Gasteiger partial charge is 0.322 e. The van der Waals surface area contributed by atoms with Gasteiger partial charge in [-0.25, -0.2) is 4.79 Å². The molecule has 3 N–H and O–H groups in total. The molecule has 22 heavy (non-hydrogen) atoms. The van der Waals surface area contributed by atoms with Gasteiger partial charge in [-0.15, -0.1) is 0 Å². The van der Waals surface area contributed by atoms with Crippen LogP contribution in [0, 0.1) is 6.92 Å². The van der Waals surface area contributed by atoms with Crippen LogP contribution >= 0.6 is 0 Å². The highest BCUT2D eigenvalue weighted by Gasteiger charge is 2.28. The zero-order valence-corrected chi connectivity index (χ0v) is 13.1. The second-order valence-electron chi connectivity index (χ2n) is 5.60. The van der Waals surface area contributed by atoms with Crippen LogP contribution in [0.15, 0.2) is 18.2 Å². The first-order valence-corrected chi connectivity index (χ1v) is 7.52. The van der Waals surface area contributed by atoms with Crippen LogP contribution in [0.25, 0.3) is 0 Å². The van der Waals surface area contributed by atoms with Gasteiger partial charge >= 0.3 is 6.03 Å². The van der Waals surface area contributed by atoms with E-state index in [4.69, 9.17) is 10.5 Å². The summed E-state index contributed by atoms with van der Waals surface area (Å²) in [7, 11) is 1.57. The molecule has 1 aliphatic rings. The summed E-state index contributed by atoms with van der Waals surface area (Å²) >= 11 is 0. The number of ether oxygens (including phenoxy) is 1. The summed E-state index contributed by atoms with van der Waals surface area (Å²) in [6.45, 7) is 2.55. The molecular formula is C16H23N3O3. The number of amides is 3. The Labute approximate surface area is 130 Å². The summed E-state index contributed by atoms with van der Waals surface area (Å²) < 4.78 is 5.30. The van der Waals surface area contributed by atoms with E-state index < -0.39 is 0 Å². The molecule has 120 valence electrons. The van der Waals surface area contributed by atoms with Crippen molar-refractivity contribution in [3.05, 3.63) is 23.8 Å². The molecule has 0 aliphatic carbocycles. The first kappa shape index (κ1) is 16.1. The number of hydrogen-bond donors (Lipinski definition) is 2. The third kappa shape index (κ3) is 3.69. The average molecular weight is 305 g/mol. The highest BCUT2D eigenvalue weighted by Crippen LogP contribution is 2.29. The van der Waals surface area contributed by atoms with Gasteiger partial charge in [0, 0.05) is 19.0 Å². The first-order valence-electron chi connectivity index (χ1n) is 7.52. The zero-order valence-electron chi connectivity index (χ0n) is 13.1. The molecule has 0 aromatic heterocycles. The van der Waals surface area contributed by atoms with Gasteiger partial charge in [-0.1, -0.05) is 12.1 Å². The largest absolute Gasteiger partial charge is 0.495 e. The predicted molar refractivity (Wildman–Crippen MR) is 84.9 cm³/mol. The molecule has 6 nitrogen and oxygen atoms in total. The molecule has 1 atom stereocenters. The van der Waals surface area contributed by atoms with Gasteiger partial charge < -0.3 is 20.7 Å². The fraction of sp³-hybridized carbons (Fsp3) is 0.500. The van der Waals surface area contributed by atoms with Crippen molar-refractivity contribution in [1.29, 1.82) is 0 Å². The second kappa shape index (κ2) is 7.15.